The van der Waals surface area contributed by atoms with Gasteiger partial charge in [0, 0.05) is 25.6 Å². The Labute approximate surface area is 98.2 Å². The van der Waals surface area contributed by atoms with E-state index >= 15 is 0 Å². The van der Waals surface area contributed by atoms with Crippen LogP contribution in [-0.2, 0) is 7.05 Å². The Morgan fingerprint density at radius 3 is 2.81 bits per heavy atom. The molecule has 16 heavy (non-hydrogen) atoms. The van der Waals surface area contributed by atoms with Crippen LogP contribution in [0, 0.1) is 0 Å². The quantitative estimate of drug-likeness (QED) is 0.618. The van der Waals surface area contributed by atoms with Gasteiger partial charge in [-0.25, -0.2) is 5.43 Å². The zero-order valence-electron chi connectivity index (χ0n) is 8.76. The number of hydrogen-bond donors (Lipinski definition) is 2. The molecule has 2 rings (SSSR count). The van der Waals surface area contributed by atoms with E-state index in [2.05, 4.69) is 15.5 Å². The number of hydrogen-bond acceptors (Lipinski definition) is 4. The minimum absolute atomic E-state index is 0.192. The van der Waals surface area contributed by atoms with Gasteiger partial charge >= 0.3 is 0 Å². The summed E-state index contributed by atoms with van der Waals surface area (Å²) in [6, 6.07) is 3.53. The number of nitrogens with zero attached hydrogens (tertiary/aromatic N) is 3. The van der Waals surface area contributed by atoms with E-state index < -0.39 is 0 Å². The zero-order valence-corrected chi connectivity index (χ0v) is 9.52. The molecule has 0 radical (unpaired) electrons. The van der Waals surface area contributed by atoms with Crippen molar-refractivity contribution in [2.75, 3.05) is 0 Å². The van der Waals surface area contributed by atoms with Crippen LogP contribution in [0.15, 0.2) is 30.7 Å². The lowest BCUT2D eigenvalue weighted by Gasteiger charge is -2.17. The highest BCUT2D eigenvalue weighted by atomic mass is 35.5. The molecule has 1 atom stereocenters. The van der Waals surface area contributed by atoms with Gasteiger partial charge in [0.1, 0.15) is 0 Å². The van der Waals surface area contributed by atoms with Crippen LogP contribution >= 0.6 is 11.6 Å². The number of nitrogens with two attached hydrogens (primary N) is 1. The van der Waals surface area contributed by atoms with Crippen molar-refractivity contribution in [2.24, 2.45) is 12.9 Å². The maximum Gasteiger partial charge on any atom is 0.0893 e. The molecule has 2 aromatic heterocycles. The van der Waals surface area contributed by atoms with Gasteiger partial charge in [0.05, 0.1) is 16.8 Å². The maximum atomic E-state index is 6.08. The van der Waals surface area contributed by atoms with Gasteiger partial charge in [-0.15, -0.1) is 0 Å². The summed E-state index contributed by atoms with van der Waals surface area (Å²) in [6.45, 7) is 0. The number of aryl methyl sites for hydroxylation is 1. The van der Waals surface area contributed by atoms with Gasteiger partial charge in [0.25, 0.3) is 0 Å². The van der Waals surface area contributed by atoms with Crippen molar-refractivity contribution in [1.82, 2.24) is 20.2 Å². The molecule has 0 saturated carbocycles. The van der Waals surface area contributed by atoms with Crippen LogP contribution in [0.5, 0.6) is 0 Å². The average molecular weight is 238 g/mol. The molecule has 2 aromatic rings. The largest absolute Gasteiger partial charge is 0.271 e. The maximum absolute atomic E-state index is 6.08. The van der Waals surface area contributed by atoms with Crippen molar-refractivity contribution >= 4 is 11.6 Å². The van der Waals surface area contributed by atoms with Gasteiger partial charge in [-0.05, 0) is 17.7 Å². The molecule has 5 nitrogen and oxygen atoms in total. The van der Waals surface area contributed by atoms with E-state index in [0.29, 0.717) is 5.02 Å². The number of aromatic nitrogens is 3. The van der Waals surface area contributed by atoms with Gasteiger partial charge in [-0.2, -0.15) is 5.10 Å². The summed E-state index contributed by atoms with van der Waals surface area (Å²) in [6.07, 6.45) is 4.99. The van der Waals surface area contributed by atoms with E-state index in [1.165, 1.54) is 0 Å². The van der Waals surface area contributed by atoms with Crippen LogP contribution in [0.25, 0.3) is 0 Å². The number of nitrogens with one attached hydrogen (secondary N) is 1. The van der Waals surface area contributed by atoms with Gasteiger partial charge in [-0.1, -0.05) is 11.6 Å². The van der Waals surface area contributed by atoms with E-state index in [4.69, 9.17) is 17.4 Å². The molecule has 0 spiro atoms. The highest BCUT2D eigenvalue weighted by Gasteiger charge is 2.18. The topological polar surface area (TPSA) is 68.8 Å². The number of halogens is 1. The molecule has 3 N–H and O–H groups in total. The predicted octanol–water partition coefficient (Wildman–Crippen LogP) is 1.02. The first-order chi connectivity index (χ1) is 7.74. The van der Waals surface area contributed by atoms with Crippen molar-refractivity contribution in [2.45, 2.75) is 6.04 Å². The lowest BCUT2D eigenvalue weighted by atomic mass is 10.1. The Morgan fingerprint density at radius 1 is 1.44 bits per heavy atom. The van der Waals surface area contributed by atoms with Gasteiger partial charge < -0.3 is 0 Å². The summed E-state index contributed by atoms with van der Waals surface area (Å²) in [5.41, 5.74) is 4.55. The van der Waals surface area contributed by atoms with E-state index in [0.717, 1.165) is 11.3 Å². The molecule has 0 saturated heterocycles. The summed E-state index contributed by atoms with van der Waals surface area (Å²) >= 11 is 6.08. The van der Waals surface area contributed by atoms with Crippen molar-refractivity contribution in [3.05, 3.63) is 47.0 Å². The first-order valence-corrected chi connectivity index (χ1v) is 5.15. The summed E-state index contributed by atoms with van der Waals surface area (Å²) in [4.78, 5) is 3.94. The smallest absolute Gasteiger partial charge is 0.0893 e. The molecule has 0 aromatic carbocycles. The van der Waals surface area contributed by atoms with Crippen LogP contribution in [0.4, 0.5) is 0 Å². The fraction of sp³-hybridized carbons (Fsp3) is 0.200. The number of hydrazine groups is 1. The van der Waals surface area contributed by atoms with E-state index in [9.17, 15) is 0 Å². The Bertz CT molecular complexity index is 482. The molecular formula is C10H12ClN5. The van der Waals surface area contributed by atoms with Crippen molar-refractivity contribution in [1.29, 1.82) is 0 Å². The highest BCUT2D eigenvalue weighted by Crippen LogP contribution is 2.26. The second kappa shape index (κ2) is 4.61. The Kier molecular flexibility index (Phi) is 3.19. The number of rotatable bonds is 3. The fourth-order valence-electron chi connectivity index (χ4n) is 1.62. The molecule has 0 aliphatic carbocycles. The molecule has 0 bridgehead atoms. The molecule has 2 heterocycles. The summed E-state index contributed by atoms with van der Waals surface area (Å²) in [5, 5.41) is 4.68. The fourth-order valence-corrected chi connectivity index (χ4v) is 1.85. The molecule has 0 aliphatic rings. The van der Waals surface area contributed by atoms with Crippen LogP contribution in [0.3, 0.4) is 0 Å². The number of pyridine rings is 1. The molecule has 84 valence electrons. The second-order valence-corrected chi connectivity index (χ2v) is 3.78. The third-order valence-electron chi connectivity index (χ3n) is 2.44. The van der Waals surface area contributed by atoms with E-state index in [-0.39, 0.29) is 6.04 Å². The van der Waals surface area contributed by atoms with Crippen molar-refractivity contribution < 1.29 is 0 Å². The average Bonchev–Trinajstić information content (AvgIpc) is 2.69. The normalized spacial score (nSPS) is 12.7. The first kappa shape index (κ1) is 11.1. The van der Waals surface area contributed by atoms with Crippen LogP contribution in [0.1, 0.15) is 17.3 Å². The van der Waals surface area contributed by atoms with Crippen LogP contribution in [-0.4, -0.2) is 14.8 Å². The highest BCUT2D eigenvalue weighted by molar-refractivity contribution is 6.31. The Balaban J connectivity index is 2.45. The Morgan fingerprint density at radius 2 is 2.25 bits per heavy atom. The standard InChI is InChI=1S/C10H12ClN5/c1-16-9(3-5-14-16)10(15-12)7-2-4-13-6-8(7)11/h2-6,10,15H,12H2,1H3. The molecule has 1 unspecified atom stereocenters. The Hall–Kier alpha value is -1.43. The van der Waals surface area contributed by atoms with Crippen LogP contribution in [0.2, 0.25) is 5.02 Å². The lowest BCUT2D eigenvalue weighted by Crippen LogP contribution is -2.30. The zero-order chi connectivity index (χ0) is 11.5. The molecule has 0 amide bonds. The van der Waals surface area contributed by atoms with Gasteiger partial charge in [0.2, 0.25) is 0 Å². The van der Waals surface area contributed by atoms with Gasteiger partial charge in [0.15, 0.2) is 0 Å². The summed E-state index contributed by atoms with van der Waals surface area (Å²) < 4.78 is 1.75. The first-order valence-electron chi connectivity index (χ1n) is 4.77. The third kappa shape index (κ3) is 1.92. The lowest BCUT2D eigenvalue weighted by molar-refractivity contribution is 0.575. The summed E-state index contributed by atoms with van der Waals surface area (Å²) in [5.74, 6) is 5.56. The predicted molar refractivity (Wildman–Crippen MR) is 61.6 cm³/mol. The van der Waals surface area contributed by atoms with E-state index in [1.54, 1.807) is 23.3 Å². The molecule has 0 fully saturated rings. The SMILES string of the molecule is Cn1nccc1C(NN)c1ccncc1Cl. The molecular weight excluding hydrogens is 226 g/mol. The minimum Gasteiger partial charge on any atom is -0.271 e. The van der Waals surface area contributed by atoms with Gasteiger partial charge in [-0.3, -0.25) is 15.5 Å². The second-order valence-electron chi connectivity index (χ2n) is 3.38. The molecule has 0 aliphatic heterocycles. The van der Waals surface area contributed by atoms with Crippen molar-refractivity contribution in [3.8, 4) is 0 Å². The summed E-state index contributed by atoms with van der Waals surface area (Å²) in [7, 11) is 1.86. The molecule has 6 heteroatoms. The third-order valence-corrected chi connectivity index (χ3v) is 2.75. The van der Waals surface area contributed by atoms with Crippen LogP contribution < -0.4 is 11.3 Å². The minimum atomic E-state index is -0.192. The monoisotopic (exact) mass is 237 g/mol. The van der Waals surface area contributed by atoms with E-state index in [1.807, 2.05) is 19.2 Å². The van der Waals surface area contributed by atoms with Crippen molar-refractivity contribution in [3.63, 3.8) is 0 Å².